The fourth-order valence-corrected chi connectivity index (χ4v) is 4.60. The maximum atomic E-state index is 12.8. The molecular weight excluding hydrogens is 370 g/mol. The summed E-state index contributed by atoms with van der Waals surface area (Å²) in [5, 5.41) is 0. The summed E-state index contributed by atoms with van der Waals surface area (Å²) >= 11 is 0. The topological polar surface area (TPSA) is 56.1 Å². The van der Waals surface area contributed by atoms with Crippen molar-refractivity contribution in [1.82, 2.24) is 4.57 Å². The van der Waals surface area contributed by atoms with Crippen LogP contribution in [0.5, 0.6) is 0 Å². The second-order valence-electron chi connectivity index (χ2n) is 7.63. The molecule has 0 aliphatic rings. The van der Waals surface area contributed by atoms with Crippen LogP contribution in [0.1, 0.15) is 63.9 Å². The SMILES string of the molecule is CCCCCCCCCCc1c(-c2ccccc2)c(S(C)(=O)=O)cn(C)c1=O. The van der Waals surface area contributed by atoms with E-state index in [1.807, 2.05) is 30.3 Å². The van der Waals surface area contributed by atoms with E-state index < -0.39 is 9.84 Å². The number of sulfone groups is 1. The van der Waals surface area contributed by atoms with E-state index in [0.29, 0.717) is 17.5 Å². The van der Waals surface area contributed by atoms with Gasteiger partial charge in [-0.3, -0.25) is 4.79 Å². The molecule has 0 aliphatic carbocycles. The van der Waals surface area contributed by atoms with Crippen LogP contribution in [0.25, 0.3) is 11.1 Å². The quantitative estimate of drug-likeness (QED) is 0.488. The smallest absolute Gasteiger partial charge is 0.254 e. The molecule has 0 saturated heterocycles. The van der Waals surface area contributed by atoms with E-state index in [1.165, 1.54) is 49.1 Å². The molecule has 0 spiro atoms. The molecule has 1 heterocycles. The van der Waals surface area contributed by atoms with E-state index in [-0.39, 0.29) is 10.5 Å². The van der Waals surface area contributed by atoms with Gasteiger partial charge < -0.3 is 4.57 Å². The largest absolute Gasteiger partial charge is 0.317 e. The van der Waals surface area contributed by atoms with E-state index in [0.717, 1.165) is 24.8 Å². The van der Waals surface area contributed by atoms with Gasteiger partial charge in [0.15, 0.2) is 9.84 Å². The van der Waals surface area contributed by atoms with Gasteiger partial charge in [-0.15, -0.1) is 0 Å². The van der Waals surface area contributed by atoms with E-state index in [2.05, 4.69) is 6.92 Å². The predicted molar refractivity (Wildman–Crippen MR) is 117 cm³/mol. The highest BCUT2D eigenvalue weighted by atomic mass is 32.2. The number of hydrogen-bond donors (Lipinski definition) is 0. The predicted octanol–water partition coefficient (Wildman–Crippen LogP) is 5.14. The van der Waals surface area contributed by atoms with Crippen LogP contribution < -0.4 is 5.56 Å². The molecule has 0 aliphatic heterocycles. The number of aryl methyl sites for hydroxylation is 1. The molecule has 0 N–H and O–H groups in total. The van der Waals surface area contributed by atoms with Gasteiger partial charge in [-0.1, -0.05) is 82.2 Å². The van der Waals surface area contributed by atoms with Crippen molar-refractivity contribution in [3.63, 3.8) is 0 Å². The summed E-state index contributed by atoms with van der Waals surface area (Å²) in [5.74, 6) is 0. The van der Waals surface area contributed by atoms with Gasteiger partial charge in [0, 0.05) is 30.6 Å². The molecule has 2 rings (SSSR count). The Bertz CT molecular complexity index is 915. The number of aromatic nitrogens is 1. The number of unbranched alkanes of at least 4 members (excludes halogenated alkanes) is 7. The lowest BCUT2D eigenvalue weighted by Gasteiger charge is -2.16. The van der Waals surface area contributed by atoms with Crippen LogP contribution in [-0.4, -0.2) is 19.2 Å². The third-order valence-electron chi connectivity index (χ3n) is 5.18. The summed E-state index contributed by atoms with van der Waals surface area (Å²) in [7, 11) is -1.82. The van der Waals surface area contributed by atoms with Crippen LogP contribution in [0.4, 0.5) is 0 Å². The third-order valence-corrected chi connectivity index (χ3v) is 6.29. The normalized spacial score (nSPS) is 11.7. The van der Waals surface area contributed by atoms with Crippen molar-refractivity contribution in [2.24, 2.45) is 7.05 Å². The third kappa shape index (κ3) is 6.06. The van der Waals surface area contributed by atoms with Crippen molar-refractivity contribution in [3.05, 3.63) is 52.4 Å². The maximum Gasteiger partial charge on any atom is 0.254 e. The molecule has 154 valence electrons. The van der Waals surface area contributed by atoms with Crippen LogP contribution in [0.3, 0.4) is 0 Å². The van der Waals surface area contributed by atoms with Crippen LogP contribution in [0.2, 0.25) is 0 Å². The summed E-state index contributed by atoms with van der Waals surface area (Å²) < 4.78 is 26.3. The summed E-state index contributed by atoms with van der Waals surface area (Å²) in [6.45, 7) is 2.22. The molecule has 1 aromatic heterocycles. The van der Waals surface area contributed by atoms with Crippen LogP contribution in [0.15, 0.2) is 46.2 Å². The fourth-order valence-electron chi connectivity index (χ4n) is 3.64. The summed E-state index contributed by atoms with van der Waals surface area (Å²) in [4.78, 5) is 13.1. The molecule has 0 bridgehead atoms. The minimum absolute atomic E-state index is 0.103. The minimum Gasteiger partial charge on any atom is -0.317 e. The number of rotatable bonds is 11. The van der Waals surface area contributed by atoms with Gasteiger partial charge in [-0.2, -0.15) is 0 Å². The molecule has 1 aromatic carbocycles. The van der Waals surface area contributed by atoms with Crippen LogP contribution in [-0.2, 0) is 23.3 Å². The average Bonchev–Trinajstić information content (AvgIpc) is 2.66. The zero-order valence-electron chi connectivity index (χ0n) is 17.4. The van der Waals surface area contributed by atoms with Crippen molar-refractivity contribution in [3.8, 4) is 11.1 Å². The van der Waals surface area contributed by atoms with E-state index in [9.17, 15) is 13.2 Å². The van der Waals surface area contributed by atoms with Crippen LogP contribution >= 0.6 is 0 Å². The highest BCUT2D eigenvalue weighted by molar-refractivity contribution is 7.90. The Balaban J connectivity index is 2.25. The fraction of sp³-hybridized carbons (Fsp3) is 0.522. The Morgan fingerprint density at radius 2 is 1.46 bits per heavy atom. The first-order valence-electron chi connectivity index (χ1n) is 10.3. The molecule has 4 nitrogen and oxygen atoms in total. The zero-order valence-corrected chi connectivity index (χ0v) is 18.2. The molecule has 0 amide bonds. The Labute approximate surface area is 169 Å². The Hall–Kier alpha value is -1.88. The van der Waals surface area contributed by atoms with Gasteiger partial charge in [0.1, 0.15) is 0 Å². The van der Waals surface area contributed by atoms with Crippen LogP contribution in [0, 0.1) is 0 Å². The lowest BCUT2D eigenvalue weighted by atomic mass is 9.96. The average molecular weight is 404 g/mol. The second-order valence-corrected chi connectivity index (χ2v) is 9.61. The van der Waals surface area contributed by atoms with Gasteiger partial charge in [-0.25, -0.2) is 8.42 Å². The van der Waals surface area contributed by atoms with Crippen molar-refractivity contribution in [2.75, 3.05) is 6.26 Å². The zero-order chi connectivity index (χ0) is 20.6. The van der Waals surface area contributed by atoms with Gasteiger partial charge >= 0.3 is 0 Å². The van der Waals surface area contributed by atoms with Gasteiger partial charge in [0.2, 0.25) is 0 Å². The standard InChI is InChI=1S/C23H33NO3S/c1-4-5-6-7-8-9-10-14-17-20-22(19-15-12-11-13-16-19)21(28(3,26)27)18-24(2)23(20)25/h11-13,15-16,18H,4-10,14,17H2,1-3H3. The van der Waals surface area contributed by atoms with Crippen molar-refractivity contribution < 1.29 is 8.42 Å². The second kappa shape index (κ2) is 10.6. The first kappa shape index (κ1) is 22.4. The van der Waals surface area contributed by atoms with E-state index >= 15 is 0 Å². The lowest BCUT2D eigenvalue weighted by molar-refractivity contribution is 0.574. The molecule has 0 saturated carbocycles. The number of pyridine rings is 1. The van der Waals surface area contributed by atoms with Gasteiger partial charge in [0.05, 0.1) is 4.90 Å². The first-order chi connectivity index (χ1) is 13.4. The highest BCUT2D eigenvalue weighted by Crippen LogP contribution is 2.30. The maximum absolute atomic E-state index is 12.8. The number of hydrogen-bond acceptors (Lipinski definition) is 3. The molecule has 0 unspecified atom stereocenters. The van der Waals surface area contributed by atoms with Crippen molar-refractivity contribution in [1.29, 1.82) is 0 Å². The molecule has 5 heteroatoms. The summed E-state index contributed by atoms with van der Waals surface area (Å²) in [5.41, 5.74) is 1.88. The molecule has 0 atom stereocenters. The Morgan fingerprint density at radius 1 is 0.893 bits per heavy atom. The Kier molecular flexibility index (Phi) is 8.49. The minimum atomic E-state index is -3.45. The molecule has 2 aromatic rings. The molecule has 0 fully saturated rings. The number of benzene rings is 1. The molecule has 0 radical (unpaired) electrons. The number of nitrogens with zero attached hydrogens (tertiary/aromatic N) is 1. The molecule has 28 heavy (non-hydrogen) atoms. The first-order valence-corrected chi connectivity index (χ1v) is 12.2. The van der Waals surface area contributed by atoms with Crippen molar-refractivity contribution >= 4 is 9.84 Å². The Morgan fingerprint density at radius 3 is 2.04 bits per heavy atom. The van der Waals surface area contributed by atoms with Gasteiger partial charge in [-0.05, 0) is 18.4 Å². The highest BCUT2D eigenvalue weighted by Gasteiger charge is 2.22. The monoisotopic (exact) mass is 403 g/mol. The van der Waals surface area contributed by atoms with E-state index in [4.69, 9.17) is 0 Å². The van der Waals surface area contributed by atoms with Gasteiger partial charge in [0.25, 0.3) is 5.56 Å². The lowest BCUT2D eigenvalue weighted by Crippen LogP contribution is -2.24. The van der Waals surface area contributed by atoms with E-state index in [1.54, 1.807) is 7.05 Å². The van der Waals surface area contributed by atoms with Crippen molar-refractivity contribution in [2.45, 2.75) is 69.6 Å². The summed E-state index contributed by atoms with van der Waals surface area (Å²) in [6, 6.07) is 9.39. The summed E-state index contributed by atoms with van der Waals surface area (Å²) in [6.07, 6.45) is 12.7. The molecular formula is C23H33NO3S.